The summed E-state index contributed by atoms with van der Waals surface area (Å²) in [6, 6.07) is 6.01. The van der Waals surface area contributed by atoms with Gasteiger partial charge < -0.3 is 15.8 Å². The number of methoxy groups -OCH3 is 1. The second kappa shape index (κ2) is 5.07. The molecule has 1 aromatic carbocycles. The predicted octanol–water partition coefficient (Wildman–Crippen LogP) is 1.51. The number of nitrogen functional groups attached to an aromatic ring is 1. The second-order valence-corrected chi connectivity index (χ2v) is 3.77. The Hall–Kier alpha value is -1.42. The maximum Gasteiger partial charge on any atom is 0.407 e. The molecule has 0 saturated carbocycles. The van der Waals surface area contributed by atoms with Crippen molar-refractivity contribution in [3.05, 3.63) is 29.3 Å². The fourth-order valence-electron chi connectivity index (χ4n) is 1.97. The smallest absolute Gasteiger partial charge is 0.407 e. The van der Waals surface area contributed by atoms with Crippen molar-refractivity contribution in [3.8, 4) is 0 Å². The minimum absolute atomic E-state index is 0. The summed E-state index contributed by atoms with van der Waals surface area (Å²) in [6.45, 7) is 0. The van der Waals surface area contributed by atoms with Crippen LogP contribution in [-0.4, -0.2) is 19.2 Å². The molecule has 0 spiro atoms. The standard InChI is InChI=1S/C11H14N2O2.ClH/c1-15-11(14)13-10-5-7-2-3-9(12)4-8(7)6-10;/h2-4,10H,5-6,12H2,1H3,(H,13,14);1H/t10-;/m1./s1. The first-order valence-corrected chi connectivity index (χ1v) is 4.91. The summed E-state index contributed by atoms with van der Waals surface area (Å²) in [7, 11) is 1.37. The number of hydrogen-bond acceptors (Lipinski definition) is 3. The summed E-state index contributed by atoms with van der Waals surface area (Å²) in [6.07, 6.45) is 1.31. The summed E-state index contributed by atoms with van der Waals surface area (Å²) in [5, 5.41) is 2.79. The van der Waals surface area contributed by atoms with E-state index in [1.807, 2.05) is 18.2 Å². The van der Waals surface area contributed by atoms with Gasteiger partial charge in [-0.05, 0) is 36.1 Å². The molecular formula is C11H15ClN2O2. The molecule has 4 nitrogen and oxygen atoms in total. The number of nitrogens with one attached hydrogen (secondary N) is 1. The summed E-state index contributed by atoms with van der Waals surface area (Å²) in [4.78, 5) is 11.0. The quantitative estimate of drug-likeness (QED) is 0.734. The molecule has 0 aromatic heterocycles. The zero-order valence-corrected chi connectivity index (χ0v) is 9.84. The van der Waals surface area contributed by atoms with Crippen molar-refractivity contribution in [1.82, 2.24) is 5.32 Å². The van der Waals surface area contributed by atoms with E-state index >= 15 is 0 Å². The molecule has 1 aliphatic carbocycles. The van der Waals surface area contributed by atoms with Crippen molar-refractivity contribution < 1.29 is 9.53 Å². The molecule has 0 radical (unpaired) electrons. The van der Waals surface area contributed by atoms with Crippen LogP contribution in [0.3, 0.4) is 0 Å². The predicted molar refractivity (Wildman–Crippen MR) is 64.8 cm³/mol. The Morgan fingerprint density at radius 1 is 1.44 bits per heavy atom. The van der Waals surface area contributed by atoms with Crippen LogP contribution in [0.2, 0.25) is 0 Å². The van der Waals surface area contributed by atoms with Gasteiger partial charge in [0.15, 0.2) is 0 Å². The molecule has 0 bridgehead atoms. The highest BCUT2D eigenvalue weighted by atomic mass is 35.5. The molecule has 5 heteroatoms. The normalized spacial score (nSPS) is 17.2. The maximum atomic E-state index is 11.0. The van der Waals surface area contributed by atoms with Gasteiger partial charge in [0.05, 0.1) is 7.11 Å². The fourth-order valence-corrected chi connectivity index (χ4v) is 1.97. The highest BCUT2D eigenvalue weighted by Crippen LogP contribution is 2.24. The van der Waals surface area contributed by atoms with E-state index in [1.54, 1.807) is 0 Å². The third kappa shape index (κ3) is 2.58. The van der Waals surface area contributed by atoms with Crippen molar-refractivity contribution >= 4 is 24.2 Å². The molecule has 0 saturated heterocycles. The molecule has 0 unspecified atom stereocenters. The average Bonchev–Trinajstić information content (AvgIpc) is 2.59. The van der Waals surface area contributed by atoms with Gasteiger partial charge in [-0.25, -0.2) is 4.79 Å². The molecule has 16 heavy (non-hydrogen) atoms. The number of carbonyl (C=O) groups excluding carboxylic acids is 1. The molecule has 1 aliphatic rings. The number of rotatable bonds is 1. The molecular weight excluding hydrogens is 228 g/mol. The summed E-state index contributed by atoms with van der Waals surface area (Å²) < 4.78 is 4.56. The van der Waals surface area contributed by atoms with Crippen molar-refractivity contribution in [2.45, 2.75) is 18.9 Å². The van der Waals surface area contributed by atoms with E-state index in [1.165, 1.54) is 18.2 Å². The van der Waals surface area contributed by atoms with Crippen LogP contribution in [0.15, 0.2) is 18.2 Å². The zero-order valence-electron chi connectivity index (χ0n) is 9.03. The molecule has 0 aliphatic heterocycles. The van der Waals surface area contributed by atoms with Crippen molar-refractivity contribution in [3.63, 3.8) is 0 Å². The minimum atomic E-state index is -0.374. The highest BCUT2D eigenvalue weighted by molar-refractivity contribution is 5.85. The van der Waals surface area contributed by atoms with Crippen LogP contribution in [0.25, 0.3) is 0 Å². The van der Waals surface area contributed by atoms with Crippen LogP contribution < -0.4 is 11.1 Å². The van der Waals surface area contributed by atoms with E-state index < -0.39 is 0 Å². The largest absolute Gasteiger partial charge is 0.453 e. The summed E-state index contributed by atoms with van der Waals surface area (Å²) in [5.74, 6) is 0. The van der Waals surface area contributed by atoms with E-state index in [0.717, 1.165) is 18.5 Å². The second-order valence-electron chi connectivity index (χ2n) is 3.77. The van der Waals surface area contributed by atoms with Gasteiger partial charge in [-0.3, -0.25) is 0 Å². The van der Waals surface area contributed by atoms with Gasteiger partial charge in [-0.1, -0.05) is 6.07 Å². The van der Waals surface area contributed by atoms with Crippen LogP contribution in [0.4, 0.5) is 10.5 Å². The third-order valence-corrected chi connectivity index (χ3v) is 2.67. The number of carbonyl (C=O) groups is 1. The number of amides is 1. The lowest BCUT2D eigenvalue weighted by molar-refractivity contribution is 0.167. The number of fused-ring (bicyclic) bond motifs is 1. The van der Waals surface area contributed by atoms with Crippen molar-refractivity contribution in [2.24, 2.45) is 0 Å². The Balaban J connectivity index is 0.00000128. The lowest BCUT2D eigenvalue weighted by atomic mass is 10.1. The summed E-state index contributed by atoms with van der Waals surface area (Å²) in [5.41, 5.74) is 8.94. The van der Waals surface area contributed by atoms with Gasteiger partial charge >= 0.3 is 6.09 Å². The Kier molecular flexibility index (Phi) is 4.01. The van der Waals surface area contributed by atoms with Crippen LogP contribution in [0.1, 0.15) is 11.1 Å². The van der Waals surface area contributed by atoms with E-state index in [9.17, 15) is 4.79 Å². The summed E-state index contributed by atoms with van der Waals surface area (Å²) >= 11 is 0. The van der Waals surface area contributed by atoms with E-state index in [2.05, 4.69) is 10.1 Å². The number of benzene rings is 1. The Morgan fingerprint density at radius 2 is 2.12 bits per heavy atom. The Morgan fingerprint density at radius 3 is 2.81 bits per heavy atom. The van der Waals surface area contributed by atoms with Gasteiger partial charge in [0.25, 0.3) is 0 Å². The average molecular weight is 243 g/mol. The van der Waals surface area contributed by atoms with E-state index in [-0.39, 0.29) is 24.5 Å². The third-order valence-electron chi connectivity index (χ3n) is 2.67. The molecule has 1 amide bonds. The van der Waals surface area contributed by atoms with Crippen LogP contribution in [0, 0.1) is 0 Å². The van der Waals surface area contributed by atoms with Crippen LogP contribution in [0.5, 0.6) is 0 Å². The van der Waals surface area contributed by atoms with Crippen molar-refractivity contribution in [1.29, 1.82) is 0 Å². The van der Waals surface area contributed by atoms with Gasteiger partial charge in [-0.2, -0.15) is 0 Å². The number of anilines is 1. The minimum Gasteiger partial charge on any atom is -0.453 e. The molecule has 1 atom stereocenters. The van der Waals surface area contributed by atoms with E-state index in [0.29, 0.717) is 0 Å². The highest BCUT2D eigenvalue weighted by Gasteiger charge is 2.22. The molecule has 0 heterocycles. The topological polar surface area (TPSA) is 64.3 Å². The first kappa shape index (κ1) is 12.6. The maximum absolute atomic E-state index is 11.0. The molecule has 2 rings (SSSR count). The van der Waals surface area contributed by atoms with Crippen molar-refractivity contribution in [2.75, 3.05) is 12.8 Å². The SMILES string of the molecule is COC(=O)N[C@@H]1Cc2ccc(N)cc2C1.Cl. The molecule has 1 aromatic rings. The molecule has 88 valence electrons. The number of halogens is 1. The molecule has 0 fully saturated rings. The first-order chi connectivity index (χ1) is 7.19. The zero-order chi connectivity index (χ0) is 10.8. The lowest BCUT2D eigenvalue weighted by Crippen LogP contribution is -2.35. The Labute approximate surface area is 101 Å². The van der Waals surface area contributed by atoms with Crippen LogP contribution in [-0.2, 0) is 17.6 Å². The number of hydrogen-bond donors (Lipinski definition) is 2. The molecule has 3 N–H and O–H groups in total. The van der Waals surface area contributed by atoms with Gasteiger partial charge in [-0.15, -0.1) is 12.4 Å². The fraction of sp³-hybridized carbons (Fsp3) is 0.364. The number of nitrogens with two attached hydrogens (primary N) is 1. The van der Waals surface area contributed by atoms with Crippen LogP contribution >= 0.6 is 12.4 Å². The van der Waals surface area contributed by atoms with E-state index in [4.69, 9.17) is 5.73 Å². The van der Waals surface area contributed by atoms with Gasteiger partial charge in [0.2, 0.25) is 0 Å². The number of ether oxygens (including phenoxy) is 1. The van der Waals surface area contributed by atoms with Gasteiger partial charge in [0.1, 0.15) is 0 Å². The Bertz CT molecular complexity index is 396. The number of alkyl carbamates (subject to hydrolysis) is 1. The lowest BCUT2D eigenvalue weighted by Gasteiger charge is -2.09. The monoisotopic (exact) mass is 242 g/mol. The first-order valence-electron chi connectivity index (χ1n) is 4.91. The van der Waals surface area contributed by atoms with Gasteiger partial charge in [0, 0.05) is 11.7 Å².